The monoisotopic (exact) mass is 344 g/mol. The van der Waals surface area contributed by atoms with E-state index in [1.165, 1.54) is 25.7 Å². The molecule has 0 aromatic carbocycles. The third-order valence-electron chi connectivity index (χ3n) is 5.51. The second-order valence-corrected chi connectivity index (χ2v) is 8.94. The van der Waals surface area contributed by atoms with Gasteiger partial charge in [0.1, 0.15) is 11.5 Å². The summed E-state index contributed by atoms with van der Waals surface area (Å²) >= 11 is 1.89. The van der Waals surface area contributed by atoms with Gasteiger partial charge in [0.25, 0.3) is 0 Å². The van der Waals surface area contributed by atoms with E-state index in [9.17, 15) is 5.26 Å². The normalized spacial score (nSPS) is 33.5. The molecule has 5 heteroatoms. The van der Waals surface area contributed by atoms with Crippen LogP contribution in [-0.2, 0) is 0 Å². The first-order chi connectivity index (χ1) is 11.4. The molecule has 1 saturated carbocycles. The van der Waals surface area contributed by atoms with Crippen LogP contribution in [0.2, 0.25) is 0 Å². The standard InChI is InChI=1S/C19H28N4S/c1-14(2)12-23-17(24-13-19(23)7-5-6-8-19)22-18(4)9-10-21-15(3)16(18)11-20/h9-10,14,16H,5-8,12-13H2,1-4H3. The molecule has 24 heavy (non-hydrogen) atoms. The highest BCUT2D eigenvalue weighted by atomic mass is 32.2. The molecule has 2 heterocycles. The van der Waals surface area contributed by atoms with E-state index in [-0.39, 0.29) is 5.92 Å². The molecule has 0 aromatic heterocycles. The summed E-state index contributed by atoms with van der Waals surface area (Å²) < 4.78 is 0. The van der Waals surface area contributed by atoms with Gasteiger partial charge in [-0.15, -0.1) is 0 Å². The van der Waals surface area contributed by atoms with Crippen molar-refractivity contribution < 1.29 is 0 Å². The molecular weight excluding hydrogens is 316 g/mol. The van der Waals surface area contributed by atoms with E-state index in [0.717, 1.165) is 23.2 Å². The minimum Gasteiger partial charge on any atom is -0.345 e. The molecule has 0 N–H and O–H groups in total. The van der Waals surface area contributed by atoms with Crippen molar-refractivity contribution in [1.82, 2.24) is 4.90 Å². The first-order valence-corrected chi connectivity index (χ1v) is 10.0. The summed E-state index contributed by atoms with van der Waals surface area (Å²) in [7, 11) is 0. The van der Waals surface area contributed by atoms with Crippen LogP contribution in [-0.4, -0.2) is 39.2 Å². The van der Waals surface area contributed by atoms with E-state index < -0.39 is 5.54 Å². The highest BCUT2D eigenvalue weighted by Crippen LogP contribution is 2.46. The van der Waals surface area contributed by atoms with Crippen LogP contribution in [0.4, 0.5) is 0 Å². The largest absolute Gasteiger partial charge is 0.345 e. The summed E-state index contributed by atoms with van der Waals surface area (Å²) in [5.74, 6) is 1.47. The summed E-state index contributed by atoms with van der Waals surface area (Å²) in [5, 5.41) is 10.8. The molecule has 0 aromatic rings. The Morgan fingerprint density at radius 3 is 2.79 bits per heavy atom. The van der Waals surface area contributed by atoms with Gasteiger partial charge in [-0.1, -0.05) is 38.5 Å². The average molecular weight is 345 g/mol. The maximum atomic E-state index is 9.63. The Hall–Kier alpha value is -1.28. The number of aliphatic imine (C=N–C) groups is 2. The van der Waals surface area contributed by atoms with Gasteiger partial charge in [0, 0.05) is 24.2 Å². The van der Waals surface area contributed by atoms with Crippen molar-refractivity contribution in [2.75, 3.05) is 12.3 Å². The zero-order chi connectivity index (χ0) is 17.4. The molecule has 0 bridgehead atoms. The van der Waals surface area contributed by atoms with Crippen LogP contribution in [0.5, 0.6) is 0 Å². The minimum atomic E-state index is -0.512. The van der Waals surface area contributed by atoms with Crippen LogP contribution in [0.3, 0.4) is 0 Å². The highest BCUT2D eigenvalue weighted by molar-refractivity contribution is 8.14. The van der Waals surface area contributed by atoms with Crippen molar-refractivity contribution in [1.29, 1.82) is 5.26 Å². The quantitative estimate of drug-likeness (QED) is 0.769. The Bertz CT molecular complexity index is 622. The fraction of sp³-hybridized carbons (Fsp3) is 0.737. The van der Waals surface area contributed by atoms with Crippen molar-refractivity contribution >= 4 is 22.6 Å². The number of hydrogen-bond acceptors (Lipinski definition) is 4. The van der Waals surface area contributed by atoms with Gasteiger partial charge in [-0.25, -0.2) is 4.99 Å². The van der Waals surface area contributed by atoms with Gasteiger partial charge in [-0.3, -0.25) is 4.99 Å². The molecule has 1 spiro atoms. The minimum absolute atomic E-state index is 0.281. The van der Waals surface area contributed by atoms with Gasteiger partial charge >= 0.3 is 0 Å². The van der Waals surface area contributed by atoms with Crippen molar-refractivity contribution in [3.8, 4) is 6.07 Å². The molecule has 0 radical (unpaired) electrons. The van der Waals surface area contributed by atoms with E-state index in [1.807, 2.05) is 31.0 Å². The predicted octanol–water partition coefficient (Wildman–Crippen LogP) is 4.25. The third-order valence-corrected chi connectivity index (χ3v) is 6.76. The van der Waals surface area contributed by atoms with Crippen LogP contribution in [0.25, 0.3) is 0 Å². The van der Waals surface area contributed by atoms with Gasteiger partial charge in [-0.05, 0) is 38.7 Å². The third kappa shape index (κ3) is 3.01. The Morgan fingerprint density at radius 2 is 2.17 bits per heavy atom. The number of nitriles is 1. The van der Waals surface area contributed by atoms with Crippen molar-refractivity contribution in [3.63, 3.8) is 0 Å². The fourth-order valence-corrected chi connectivity index (χ4v) is 5.69. The second-order valence-electron chi connectivity index (χ2n) is 7.99. The lowest BCUT2D eigenvalue weighted by Gasteiger charge is -2.38. The lowest BCUT2D eigenvalue weighted by molar-refractivity contribution is 0.196. The molecule has 2 unspecified atom stereocenters. The fourth-order valence-electron chi connectivity index (χ4n) is 4.17. The van der Waals surface area contributed by atoms with Gasteiger partial charge in [0.2, 0.25) is 0 Å². The van der Waals surface area contributed by atoms with Crippen molar-refractivity contribution in [2.24, 2.45) is 21.8 Å². The molecule has 3 rings (SSSR count). The zero-order valence-electron chi connectivity index (χ0n) is 15.2. The summed E-state index contributed by atoms with van der Waals surface area (Å²) in [4.78, 5) is 12.0. The summed E-state index contributed by atoms with van der Waals surface area (Å²) in [5.41, 5.74) is 0.650. The number of amidine groups is 1. The predicted molar refractivity (Wildman–Crippen MR) is 102 cm³/mol. The smallest absolute Gasteiger partial charge is 0.160 e. The van der Waals surface area contributed by atoms with E-state index >= 15 is 0 Å². The topological polar surface area (TPSA) is 51.8 Å². The molecule has 2 atom stereocenters. The Kier molecular flexibility index (Phi) is 4.79. The van der Waals surface area contributed by atoms with E-state index in [2.05, 4.69) is 36.7 Å². The number of thioether (sulfide) groups is 1. The first-order valence-electron chi connectivity index (χ1n) is 9.02. The SMILES string of the molecule is CC1=NC=CC(C)(N=C2SCC3(CCCC3)N2CC(C)C)C1C#N. The van der Waals surface area contributed by atoms with Gasteiger partial charge in [0.15, 0.2) is 5.17 Å². The highest BCUT2D eigenvalue weighted by Gasteiger charge is 2.48. The molecule has 0 amide bonds. The summed E-state index contributed by atoms with van der Waals surface area (Å²) in [6.45, 7) is 9.61. The van der Waals surface area contributed by atoms with E-state index in [4.69, 9.17) is 4.99 Å². The Morgan fingerprint density at radius 1 is 1.46 bits per heavy atom. The molecule has 2 aliphatic heterocycles. The second kappa shape index (κ2) is 6.55. The van der Waals surface area contributed by atoms with Gasteiger partial charge in [-0.2, -0.15) is 5.26 Å². The average Bonchev–Trinajstić information content (AvgIpc) is 3.10. The van der Waals surface area contributed by atoms with E-state index in [1.54, 1.807) is 0 Å². The molecule has 130 valence electrons. The number of nitrogens with zero attached hydrogens (tertiary/aromatic N) is 4. The number of hydrogen-bond donors (Lipinski definition) is 0. The summed E-state index contributed by atoms with van der Waals surface area (Å²) in [6.07, 6.45) is 9.01. The van der Waals surface area contributed by atoms with Gasteiger partial charge in [0.05, 0.1) is 11.6 Å². The molecule has 3 aliphatic rings. The lowest BCUT2D eigenvalue weighted by Crippen LogP contribution is -2.48. The van der Waals surface area contributed by atoms with Crippen LogP contribution in [0.1, 0.15) is 53.4 Å². The number of rotatable bonds is 3. The Labute approximate surface area is 150 Å². The Balaban J connectivity index is 1.95. The van der Waals surface area contributed by atoms with Crippen LogP contribution < -0.4 is 0 Å². The molecule has 4 nitrogen and oxygen atoms in total. The van der Waals surface area contributed by atoms with Crippen LogP contribution >= 0.6 is 11.8 Å². The van der Waals surface area contributed by atoms with Gasteiger partial charge < -0.3 is 4.90 Å². The molecule has 2 fully saturated rings. The molecule has 1 saturated heterocycles. The lowest BCUT2D eigenvalue weighted by atomic mass is 9.82. The summed E-state index contributed by atoms with van der Waals surface area (Å²) in [6, 6.07) is 2.42. The maximum absolute atomic E-state index is 9.63. The maximum Gasteiger partial charge on any atom is 0.160 e. The van der Waals surface area contributed by atoms with Crippen LogP contribution in [0.15, 0.2) is 22.3 Å². The van der Waals surface area contributed by atoms with Crippen molar-refractivity contribution in [2.45, 2.75) is 64.5 Å². The van der Waals surface area contributed by atoms with Crippen molar-refractivity contribution in [3.05, 3.63) is 12.3 Å². The first kappa shape index (κ1) is 17.5. The molecular formula is C19H28N4S. The van der Waals surface area contributed by atoms with E-state index in [0.29, 0.717) is 11.5 Å². The molecule has 1 aliphatic carbocycles. The van der Waals surface area contributed by atoms with Crippen LogP contribution in [0, 0.1) is 23.2 Å². The zero-order valence-corrected chi connectivity index (χ0v) is 16.1.